The Balaban J connectivity index is 1.49. The number of carbonyl (C=O) groups excluding carboxylic acids is 1. The molecular formula is C22H20N2O4S2. The molecule has 154 valence electrons. The van der Waals surface area contributed by atoms with Crippen molar-refractivity contribution in [2.45, 2.75) is 17.1 Å². The zero-order chi connectivity index (χ0) is 21.6. The fourth-order valence-corrected chi connectivity index (χ4v) is 5.18. The van der Waals surface area contributed by atoms with Crippen molar-refractivity contribution in [3.63, 3.8) is 0 Å². The van der Waals surface area contributed by atoms with Crippen LogP contribution in [0.1, 0.15) is 18.4 Å². The second-order valence-electron chi connectivity index (χ2n) is 6.55. The molecule has 0 amide bonds. The third kappa shape index (κ3) is 5.33. The molecule has 0 spiro atoms. The molecule has 0 radical (unpaired) electrons. The quantitative estimate of drug-likeness (QED) is 0.385. The SMILES string of the molecule is CN(CCCC(=O)Oc1ccc(-c2ccc(C#N)cc2)cc1)S(=O)(=O)c1cccs1. The highest BCUT2D eigenvalue weighted by Crippen LogP contribution is 2.23. The number of rotatable bonds is 8. The van der Waals surface area contributed by atoms with Crippen LogP contribution in [0.4, 0.5) is 0 Å². The van der Waals surface area contributed by atoms with Gasteiger partial charge in [0.15, 0.2) is 0 Å². The van der Waals surface area contributed by atoms with Crippen LogP contribution in [0, 0.1) is 11.3 Å². The first kappa shape index (κ1) is 21.7. The monoisotopic (exact) mass is 440 g/mol. The van der Waals surface area contributed by atoms with Gasteiger partial charge in [-0.3, -0.25) is 4.79 Å². The molecule has 3 rings (SSSR count). The smallest absolute Gasteiger partial charge is 0.311 e. The van der Waals surface area contributed by atoms with Crippen LogP contribution in [0.2, 0.25) is 0 Å². The van der Waals surface area contributed by atoms with Gasteiger partial charge in [-0.05, 0) is 53.3 Å². The van der Waals surface area contributed by atoms with Crippen LogP contribution in [-0.4, -0.2) is 32.3 Å². The minimum atomic E-state index is -3.51. The highest BCUT2D eigenvalue weighted by atomic mass is 32.2. The molecule has 30 heavy (non-hydrogen) atoms. The Kier molecular flexibility index (Phi) is 7.00. The molecule has 0 N–H and O–H groups in total. The number of carbonyl (C=O) groups is 1. The van der Waals surface area contributed by atoms with Gasteiger partial charge in [0.2, 0.25) is 0 Å². The van der Waals surface area contributed by atoms with Gasteiger partial charge in [0.25, 0.3) is 10.0 Å². The molecular weight excluding hydrogens is 420 g/mol. The number of nitrogens with zero attached hydrogens (tertiary/aromatic N) is 2. The fraction of sp³-hybridized carbons (Fsp3) is 0.182. The first-order valence-electron chi connectivity index (χ1n) is 9.21. The molecule has 0 aliphatic rings. The molecule has 0 unspecified atom stereocenters. The van der Waals surface area contributed by atoms with Crippen LogP contribution in [0.3, 0.4) is 0 Å². The van der Waals surface area contributed by atoms with Gasteiger partial charge in [-0.1, -0.05) is 30.3 Å². The fourth-order valence-electron chi connectivity index (χ4n) is 2.77. The molecule has 6 nitrogen and oxygen atoms in total. The van der Waals surface area contributed by atoms with E-state index in [4.69, 9.17) is 10.00 Å². The number of sulfonamides is 1. The number of hydrogen-bond acceptors (Lipinski definition) is 6. The van der Waals surface area contributed by atoms with E-state index in [2.05, 4.69) is 6.07 Å². The van der Waals surface area contributed by atoms with Gasteiger partial charge in [0.1, 0.15) is 9.96 Å². The number of benzene rings is 2. The lowest BCUT2D eigenvalue weighted by Crippen LogP contribution is -2.28. The Morgan fingerprint density at radius 2 is 1.70 bits per heavy atom. The summed E-state index contributed by atoms with van der Waals surface area (Å²) in [5.41, 5.74) is 2.50. The molecule has 3 aromatic rings. The summed E-state index contributed by atoms with van der Waals surface area (Å²) in [6.07, 6.45) is 0.477. The van der Waals surface area contributed by atoms with Crippen LogP contribution in [0.15, 0.2) is 70.3 Å². The summed E-state index contributed by atoms with van der Waals surface area (Å²) in [7, 11) is -2.00. The molecule has 2 aromatic carbocycles. The van der Waals surface area contributed by atoms with Gasteiger partial charge in [-0.2, -0.15) is 5.26 Å². The number of hydrogen-bond donors (Lipinski definition) is 0. The van der Waals surface area contributed by atoms with Gasteiger partial charge >= 0.3 is 5.97 Å². The van der Waals surface area contributed by atoms with Crippen molar-refractivity contribution in [3.8, 4) is 22.9 Å². The number of ether oxygens (including phenoxy) is 1. The minimum absolute atomic E-state index is 0.113. The Bertz CT molecular complexity index is 1130. The molecule has 1 aromatic heterocycles. The van der Waals surface area contributed by atoms with Gasteiger partial charge in [-0.15, -0.1) is 11.3 Å². The van der Waals surface area contributed by atoms with Crippen molar-refractivity contribution in [2.75, 3.05) is 13.6 Å². The molecule has 0 aliphatic carbocycles. The van der Waals surface area contributed by atoms with E-state index in [1.54, 1.807) is 41.8 Å². The van der Waals surface area contributed by atoms with E-state index >= 15 is 0 Å². The Morgan fingerprint density at radius 1 is 1.07 bits per heavy atom. The largest absolute Gasteiger partial charge is 0.427 e. The van der Waals surface area contributed by atoms with Gasteiger partial charge in [0, 0.05) is 20.0 Å². The van der Waals surface area contributed by atoms with Crippen LogP contribution in [0.25, 0.3) is 11.1 Å². The van der Waals surface area contributed by atoms with E-state index < -0.39 is 16.0 Å². The van der Waals surface area contributed by atoms with Crippen LogP contribution < -0.4 is 4.74 Å². The van der Waals surface area contributed by atoms with E-state index in [1.165, 1.54) is 22.7 Å². The van der Waals surface area contributed by atoms with Crippen LogP contribution in [-0.2, 0) is 14.8 Å². The van der Waals surface area contributed by atoms with E-state index in [0.717, 1.165) is 11.1 Å². The van der Waals surface area contributed by atoms with Crippen LogP contribution in [0.5, 0.6) is 5.75 Å². The summed E-state index contributed by atoms with van der Waals surface area (Å²) >= 11 is 1.17. The molecule has 1 heterocycles. The number of thiophene rings is 1. The molecule has 0 saturated carbocycles. The Morgan fingerprint density at radius 3 is 2.27 bits per heavy atom. The summed E-state index contributed by atoms with van der Waals surface area (Å²) in [4.78, 5) is 12.1. The normalized spacial score (nSPS) is 11.2. The second kappa shape index (κ2) is 9.67. The topological polar surface area (TPSA) is 87.5 Å². The standard InChI is InChI=1S/C22H20N2O4S2/c1-24(30(26,27)22-5-3-15-29-22)14-2-4-21(25)28-20-12-10-19(11-13-20)18-8-6-17(16-23)7-9-18/h3,5-13,15H,2,4,14H2,1H3. The zero-order valence-corrected chi connectivity index (χ0v) is 17.9. The highest BCUT2D eigenvalue weighted by Gasteiger charge is 2.21. The van der Waals surface area contributed by atoms with E-state index in [0.29, 0.717) is 17.7 Å². The summed E-state index contributed by atoms with van der Waals surface area (Å²) in [6.45, 7) is 0.229. The Labute approximate surface area is 180 Å². The maximum absolute atomic E-state index is 12.3. The summed E-state index contributed by atoms with van der Waals surface area (Å²) in [5, 5.41) is 10.6. The first-order chi connectivity index (χ1) is 14.4. The molecule has 0 saturated heterocycles. The summed E-state index contributed by atoms with van der Waals surface area (Å²) in [6, 6.07) is 19.6. The molecule has 8 heteroatoms. The van der Waals surface area contributed by atoms with Crippen molar-refractivity contribution in [2.24, 2.45) is 0 Å². The van der Waals surface area contributed by atoms with Crippen molar-refractivity contribution >= 4 is 27.3 Å². The van der Waals surface area contributed by atoms with Crippen molar-refractivity contribution in [1.82, 2.24) is 4.31 Å². The third-order valence-corrected chi connectivity index (χ3v) is 7.68. The highest BCUT2D eigenvalue weighted by molar-refractivity contribution is 7.91. The minimum Gasteiger partial charge on any atom is -0.427 e. The second-order valence-corrected chi connectivity index (χ2v) is 9.77. The molecule has 0 fully saturated rings. The average molecular weight is 441 g/mol. The predicted octanol–water partition coefficient (Wildman–Crippen LogP) is 4.29. The lowest BCUT2D eigenvalue weighted by Gasteiger charge is -2.15. The Hall–Kier alpha value is -2.99. The summed E-state index contributed by atoms with van der Waals surface area (Å²) in [5.74, 6) is 0.0139. The number of esters is 1. The van der Waals surface area contributed by atoms with E-state index in [-0.39, 0.29) is 17.2 Å². The van der Waals surface area contributed by atoms with Crippen molar-refractivity contribution < 1.29 is 17.9 Å². The summed E-state index contributed by atoms with van der Waals surface area (Å²) < 4.78 is 31.6. The maximum atomic E-state index is 12.3. The third-order valence-electron chi connectivity index (χ3n) is 4.45. The van der Waals surface area contributed by atoms with Crippen LogP contribution >= 0.6 is 11.3 Å². The lowest BCUT2D eigenvalue weighted by molar-refractivity contribution is -0.134. The van der Waals surface area contributed by atoms with Gasteiger partial charge in [-0.25, -0.2) is 12.7 Å². The average Bonchev–Trinajstić information content (AvgIpc) is 3.30. The van der Waals surface area contributed by atoms with E-state index in [1.807, 2.05) is 24.3 Å². The van der Waals surface area contributed by atoms with Crippen molar-refractivity contribution in [3.05, 3.63) is 71.6 Å². The first-order valence-corrected chi connectivity index (χ1v) is 11.5. The van der Waals surface area contributed by atoms with Gasteiger partial charge < -0.3 is 4.74 Å². The molecule has 0 bridgehead atoms. The maximum Gasteiger partial charge on any atom is 0.311 e. The number of nitriles is 1. The zero-order valence-electron chi connectivity index (χ0n) is 16.3. The predicted molar refractivity (Wildman–Crippen MR) is 116 cm³/mol. The molecule has 0 aliphatic heterocycles. The van der Waals surface area contributed by atoms with Crippen molar-refractivity contribution in [1.29, 1.82) is 5.26 Å². The lowest BCUT2D eigenvalue weighted by atomic mass is 10.0. The molecule has 0 atom stereocenters. The van der Waals surface area contributed by atoms with Gasteiger partial charge in [0.05, 0.1) is 11.6 Å². The van der Waals surface area contributed by atoms with E-state index in [9.17, 15) is 13.2 Å².